The van der Waals surface area contributed by atoms with E-state index in [1.54, 1.807) is 0 Å². The van der Waals surface area contributed by atoms with E-state index in [9.17, 15) is 0 Å². The highest BCUT2D eigenvalue weighted by Gasteiger charge is 2.38. The number of nitrogens with one attached hydrogen (secondary N) is 1. The molecule has 0 aliphatic carbocycles. The van der Waals surface area contributed by atoms with E-state index in [-0.39, 0.29) is 6.29 Å². The summed E-state index contributed by atoms with van der Waals surface area (Å²) in [5.41, 5.74) is 0. The molecule has 1 fully saturated rings. The summed E-state index contributed by atoms with van der Waals surface area (Å²) in [6.45, 7) is 9.54. The zero-order chi connectivity index (χ0) is 11.4. The van der Waals surface area contributed by atoms with Gasteiger partial charge in [-0.3, -0.25) is 5.32 Å². The van der Waals surface area contributed by atoms with Gasteiger partial charge in [0.25, 0.3) is 0 Å². The fourth-order valence-electron chi connectivity index (χ4n) is 2.31. The average molecular weight is 215 g/mol. The number of rotatable bonds is 4. The monoisotopic (exact) mass is 215 g/mol. The SMILES string of the molecule is CCC1OC(OCNC)[C@H](C)C(C)[C@@H]1C. The lowest BCUT2D eigenvalue weighted by Crippen LogP contribution is -2.46. The lowest BCUT2D eigenvalue weighted by Gasteiger charge is -2.43. The smallest absolute Gasteiger partial charge is 0.162 e. The highest BCUT2D eigenvalue weighted by molar-refractivity contribution is 4.81. The predicted molar refractivity (Wildman–Crippen MR) is 61.5 cm³/mol. The average Bonchev–Trinajstić information content (AvgIpc) is 2.25. The van der Waals surface area contributed by atoms with Gasteiger partial charge in [-0.2, -0.15) is 0 Å². The molecule has 0 aromatic rings. The number of hydrogen-bond acceptors (Lipinski definition) is 3. The van der Waals surface area contributed by atoms with E-state index < -0.39 is 0 Å². The molecule has 0 saturated carbocycles. The second-order valence-corrected chi connectivity index (χ2v) is 4.69. The molecule has 90 valence electrons. The zero-order valence-corrected chi connectivity index (χ0v) is 10.6. The molecule has 0 bridgehead atoms. The van der Waals surface area contributed by atoms with Gasteiger partial charge in [0.15, 0.2) is 6.29 Å². The first kappa shape index (κ1) is 12.9. The Morgan fingerprint density at radius 2 is 1.80 bits per heavy atom. The van der Waals surface area contributed by atoms with Crippen molar-refractivity contribution in [2.45, 2.75) is 46.5 Å². The van der Waals surface area contributed by atoms with Gasteiger partial charge in [0.1, 0.15) is 0 Å². The van der Waals surface area contributed by atoms with Gasteiger partial charge >= 0.3 is 0 Å². The number of ether oxygens (including phenoxy) is 2. The Kier molecular flexibility index (Phi) is 5.03. The molecule has 1 heterocycles. The quantitative estimate of drug-likeness (QED) is 0.729. The van der Waals surface area contributed by atoms with Crippen molar-refractivity contribution in [2.24, 2.45) is 17.8 Å². The highest BCUT2D eigenvalue weighted by Crippen LogP contribution is 2.36. The molecular formula is C12H25NO2. The highest BCUT2D eigenvalue weighted by atomic mass is 16.7. The first-order valence-electron chi connectivity index (χ1n) is 6.03. The molecule has 1 aliphatic rings. The topological polar surface area (TPSA) is 30.5 Å². The van der Waals surface area contributed by atoms with Crippen LogP contribution < -0.4 is 5.32 Å². The minimum atomic E-state index is -0.0476. The molecule has 0 aromatic heterocycles. The predicted octanol–water partition coefficient (Wildman–Crippen LogP) is 2.22. The van der Waals surface area contributed by atoms with Crippen LogP contribution in [0.5, 0.6) is 0 Å². The van der Waals surface area contributed by atoms with Gasteiger partial charge in [0.05, 0.1) is 12.8 Å². The maximum Gasteiger partial charge on any atom is 0.162 e. The minimum absolute atomic E-state index is 0.0476. The summed E-state index contributed by atoms with van der Waals surface area (Å²) in [4.78, 5) is 0. The molecule has 0 amide bonds. The fourth-order valence-corrected chi connectivity index (χ4v) is 2.31. The number of hydrogen-bond donors (Lipinski definition) is 1. The van der Waals surface area contributed by atoms with Gasteiger partial charge in [-0.1, -0.05) is 27.7 Å². The second kappa shape index (κ2) is 5.83. The maximum absolute atomic E-state index is 5.97. The van der Waals surface area contributed by atoms with E-state index in [0.29, 0.717) is 30.6 Å². The van der Waals surface area contributed by atoms with Crippen molar-refractivity contribution in [1.82, 2.24) is 5.32 Å². The van der Waals surface area contributed by atoms with Crippen molar-refractivity contribution in [3.8, 4) is 0 Å². The van der Waals surface area contributed by atoms with Crippen LogP contribution in [-0.2, 0) is 9.47 Å². The van der Waals surface area contributed by atoms with E-state index in [4.69, 9.17) is 9.47 Å². The van der Waals surface area contributed by atoms with Crippen LogP contribution in [0.1, 0.15) is 34.1 Å². The third-order valence-electron chi connectivity index (χ3n) is 3.78. The van der Waals surface area contributed by atoms with Crippen molar-refractivity contribution >= 4 is 0 Å². The molecule has 1 N–H and O–H groups in total. The van der Waals surface area contributed by atoms with E-state index in [1.165, 1.54) is 0 Å². The van der Waals surface area contributed by atoms with Gasteiger partial charge < -0.3 is 9.47 Å². The Morgan fingerprint density at radius 1 is 1.13 bits per heavy atom. The minimum Gasteiger partial charge on any atom is -0.349 e. The molecule has 3 unspecified atom stereocenters. The van der Waals surface area contributed by atoms with Gasteiger partial charge in [-0.25, -0.2) is 0 Å². The Balaban J connectivity index is 2.57. The lowest BCUT2D eigenvalue weighted by atomic mass is 9.78. The van der Waals surface area contributed by atoms with Crippen LogP contribution in [0.25, 0.3) is 0 Å². The summed E-state index contributed by atoms with van der Waals surface area (Å²) < 4.78 is 11.6. The Hall–Kier alpha value is -0.120. The van der Waals surface area contributed by atoms with Gasteiger partial charge in [-0.05, 0) is 25.3 Å². The second-order valence-electron chi connectivity index (χ2n) is 4.69. The van der Waals surface area contributed by atoms with Crippen LogP contribution in [0.4, 0.5) is 0 Å². The van der Waals surface area contributed by atoms with Crippen LogP contribution in [-0.4, -0.2) is 26.2 Å². The normalized spacial score (nSPS) is 41.8. The van der Waals surface area contributed by atoms with Crippen molar-refractivity contribution in [3.63, 3.8) is 0 Å². The van der Waals surface area contributed by atoms with Crippen LogP contribution >= 0.6 is 0 Å². The largest absolute Gasteiger partial charge is 0.349 e. The molecular weight excluding hydrogens is 190 g/mol. The molecule has 3 nitrogen and oxygen atoms in total. The summed E-state index contributed by atoms with van der Waals surface area (Å²) >= 11 is 0. The molecule has 1 saturated heterocycles. The molecule has 1 rings (SSSR count). The molecule has 1 aliphatic heterocycles. The van der Waals surface area contributed by atoms with Crippen LogP contribution in [0.3, 0.4) is 0 Å². The zero-order valence-electron chi connectivity index (χ0n) is 10.6. The van der Waals surface area contributed by atoms with Gasteiger partial charge in [-0.15, -0.1) is 0 Å². The standard InChI is InChI=1S/C12H25NO2/c1-6-11-9(3)8(2)10(4)12(15-11)14-7-13-5/h8-13H,6-7H2,1-5H3/t8?,9-,10+,11?,12?/m0/s1. The van der Waals surface area contributed by atoms with Gasteiger partial charge in [0, 0.05) is 5.92 Å². The van der Waals surface area contributed by atoms with E-state index >= 15 is 0 Å². The molecule has 0 aromatic carbocycles. The summed E-state index contributed by atoms with van der Waals surface area (Å²) in [6, 6.07) is 0. The lowest BCUT2D eigenvalue weighted by molar-refractivity contribution is -0.249. The van der Waals surface area contributed by atoms with E-state index in [1.807, 2.05) is 7.05 Å². The first-order valence-corrected chi connectivity index (χ1v) is 6.03. The molecule has 5 atom stereocenters. The molecule has 15 heavy (non-hydrogen) atoms. The van der Waals surface area contributed by atoms with Gasteiger partial charge in [0.2, 0.25) is 0 Å². The fraction of sp³-hybridized carbons (Fsp3) is 1.00. The van der Waals surface area contributed by atoms with E-state index in [2.05, 4.69) is 33.0 Å². The van der Waals surface area contributed by atoms with Crippen molar-refractivity contribution in [1.29, 1.82) is 0 Å². The first-order chi connectivity index (χ1) is 7.11. The van der Waals surface area contributed by atoms with Crippen molar-refractivity contribution in [2.75, 3.05) is 13.8 Å². The van der Waals surface area contributed by atoms with Crippen LogP contribution in [0.15, 0.2) is 0 Å². The molecule has 0 spiro atoms. The maximum atomic E-state index is 5.97. The summed E-state index contributed by atoms with van der Waals surface area (Å²) in [5.74, 6) is 1.75. The Labute approximate surface area is 93.5 Å². The molecule has 3 heteroatoms. The summed E-state index contributed by atoms with van der Waals surface area (Å²) in [6.07, 6.45) is 1.36. The molecule has 0 radical (unpaired) electrons. The van der Waals surface area contributed by atoms with Crippen molar-refractivity contribution < 1.29 is 9.47 Å². The summed E-state index contributed by atoms with van der Waals surface area (Å²) in [7, 11) is 1.89. The van der Waals surface area contributed by atoms with E-state index in [0.717, 1.165) is 6.42 Å². The Bertz CT molecular complexity index is 184. The van der Waals surface area contributed by atoms with Crippen LogP contribution in [0.2, 0.25) is 0 Å². The van der Waals surface area contributed by atoms with Crippen LogP contribution in [0, 0.1) is 17.8 Å². The Morgan fingerprint density at radius 3 is 2.33 bits per heavy atom. The third kappa shape index (κ3) is 2.92. The summed E-state index contributed by atoms with van der Waals surface area (Å²) in [5, 5.41) is 2.99. The third-order valence-corrected chi connectivity index (χ3v) is 3.78. The van der Waals surface area contributed by atoms with Crippen molar-refractivity contribution in [3.05, 3.63) is 0 Å².